The Bertz CT molecular complexity index is 993. The van der Waals surface area contributed by atoms with E-state index in [4.69, 9.17) is 10.5 Å². The van der Waals surface area contributed by atoms with E-state index in [9.17, 15) is 10.1 Å². The summed E-state index contributed by atoms with van der Waals surface area (Å²) in [5, 5.41) is 11.3. The second kappa shape index (κ2) is 5.41. The standard InChI is InChI=1S/C16H15N4O3S/c1-23-9-6-7-11-12(8-9)19(21)14(15(17)20(11)22)16-18-10-4-2-3-5-13(10)24-16/h2-8,10,13,21H,17H2,1H3/q+1/t10-,13-/m0/s1. The molecule has 3 N–H and O–H groups in total. The number of benzene rings is 1. The monoisotopic (exact) mass is 343 g/mol. The molecular weight excluding hydrogens is 328 g/mol. The summed E-state index contributed by atoms with van der Waals surface area (Å²) in [4.78, 5) is 17.1. The minimum Gasteiger partial charge on any atom is -0.497 e. The van der Waals surface area contributed by atoms with Crippen LogP contribution in [0.3, 0.4) is 0 Å². The maximum Gasteiger partial charge on any atom is 0.348 e. The Morgan fingerprint density at radius 2 is 2.17 bits per heavy atom. The number of ether oxygens (including phenoxy) is 1. The van der Waals surface area contributed by atoms with Crippen molar-refractivity contribution in [3.63, 3.8) is 0 Å². The third-order valence-corrected chi connectivity index (χ3v) is 5.31. The van der Waals surface area contributed by atoms with Crippen LogP contribution in [-0.4, -0.2) is 33.4 Å². The number of nitrogens with two attached hydrogens (primary N) is 1. The zero-order valence-electron chi connectivity index (χ0n) is 12.8. The predicted molar refractivity (Wildman–Crippen MR) is 93.4 cm³/mol. The van der Waals surface area contributed by atoms with Crippen LogP contribution in [0.5, 0.6) is 5.75 Å². The van der Waals surface area contributed by atoms with Crippen LogP contribution in [0.1, 0.15) is 5.69 Å². The van der Waals surface area contributed by atoms with Gasteiger partial charge in [-0.2, -0.15) is 4.73 Å². The molecule has 2 aromatic rings. The molecule has 0 radical (unpaired) electrons. The number of methoxy groups -OCH3 is 1. The van der Waals surface area contributed by atoms with E-state index < -0.39 is 0 Å². The molecule has 1 aromatic carbocycles. The van der Waals surface area contributed by atoms with Crippen molar-refractivity contribution < 1.29 is 14.4 Å². The third kappa shape index (κ3) is 2.10. The van der Waals surface area contributed by atoms with Gasteiger partial charge in [0.2, 0.25) is 11.2 Å². The van der Waals surface area contributed by atoms with Crippen LogP contribution >= 0.6 is 11.8 Å². The zero-order valence-corrected chi connectivity index (χ0v) is 13.6. The average molecular weight is 343 g/mol. The molecule has 2 heterocycles. The molecule has 2 atom stereocenters. The molecule has 0 unspecified atom stereocenters. The van der Waals surface area contributed by atoms with Crippen LogP contribution in [-0.2, 0) is 0 Å². The number of hydrogen-bond donors (Lipinski definition) is 2. The maximum atomic E-state index is 12.5. The summed E-state index contributed by atoms with van der Waals surface area (Å²) in [7, 11) is 1.52. The molecule has 8 heteroatoms. The Morgan fingerprint density at radius 3 is 2.92 bits per heavy atom. The van der Waals surface area contributed by atoms with Crippen molar-refractivity contribution in [3.8, 4) is 5.75 Å². The van der Waals surface area contributed by atoms with Gasteiger partial charge in [-0.25, -0.2) is 0 Å². The first-order chi connectivity index (χ1) is 11.6. The highest BCUT2D eigenvalue weighted by Gasteiger charge is 2.34. The fourth-order valence-corrected chi connectivity index (χ4v) is 4.04. The molecule has 24 heavy (non-hydrogen) atoms. The fraction of sp³-hybridized carbons (Fsp3) is 0.188. The van der Waals surface area contributed by atoms with Crippen molar-refractivity contribution in [1.82, 2.24) is 4.73 Å². The van der Waals surface area contributed by atoms with Gasteiger partial charge in [-0.1, -0.05) is 41.0 Å². The van der Waals surface area contributed by atoms with Crippen LogP contribution in [0.4, 0.5) is 5.82 Å². The topological polar surface area (TPSA) is 95.7 Å². The number of aromatic nitrogens is 2. The number of nitrogen functional groups attached to an aromatic ring is 1. The Hall–Kier alpha value is -2.74. The summed E-state index contributed by atoms with van der Waals surface area (Å²) in [5.74, 6) is 0.439. The van der Waals surface area contributed by atoms with Gasteiger partial charge in [-0.05, 0) is 12.1 Å². The Morgan fingerprint density at radius 1 is 1.38 bits per heavy atom. The smallest absolute Gasteiger partial charge is 0.348 e. The molecule has 0 amide bonds. The van der Waals surface area contributed by atoms with E-state index in [-0.39, 0.29) is 28.3 Å². The van der Waals surface area contributed by atoms with Crippen molar-refractivity contribution in [2.45, 2.75) is 11.3 Å². The van der Waals surface area contributed by atoms with Crippen LogP contribution in [0.15, 0.2) is 47.5 Å². The minimum atomic E-state index is -0.0898. The highest BCUT2D eigenvalue weighted by molar-refractivity contribution is 8.15. The summed E-state index contributed by atoms with van der Waals surface area (Å²) >= 11 is 1.47. The van der Waals surface area contributed by atoms with Crippen molar-refractivity contribution >= 4 is 33.7 Å². The molecule has 4 rings (SSSR count). The summed E-state index contributed by atoms with van der Waals surface area (Å²) in [6.45, 7) is 0. The van der Waals surface area contributed by atoms with Gasteiger partial charge in [-0.3, -0.25) is 10.7 Å². The molecule has 0 bridgehead atoms. The normalized spacial score (nSPS) is 21.8. The molecule has 2 aliphatic rings. The van der Waals surface area contributed by atoms with Gasteiger partial charge in [0.15, 0.2) is 0 Å². The molecule has 0 fully saturated rings. The average Bonchev–Trinajstić information content (AvgIpc) is 3.03. The highest BCUT2D eigenvalue weighted by Crippen LogP contribution is 2.35. The summed E-state index contributed by atoms with van der Waals surface area (Å²) < 4.78 is 6.69. The largest absolute Gasteiger partial charge is 0.497 e. The molecule has 1 aromatic heterocycles. The van der Waals surface area contributed by atoms with Crippen molar-refractivity contribution in [2.24, 2.45) is 4.99 Å². The number of fused-ring (bicyclic) bond motifs is 2. The van der Waals surface area contributed by atoms with E-state index in [1.54, 1.807) is 18.2 Å². The van der Waals surface area contributed by atoms with Crippen LogP contribution in [0.2, 0.25) is 0 Å². The molecule has 1 aliphatic heterocycles. The first-order valence-electron chi connectivity index (χ1n) is 7.34. The third-order valence-electron chi connectivity index (χ3n) is 4.08. The predicted octanol–water partition coefficient (Wildman–Crippen LogP) is 1.74. The van der Waals surface area contributed by atoms with Gasteiger partial charge < -0.3 is 9.94 Å². The number of rotatable bonds is 2. The van der Waals surface area contributed by atoms with E-state index in [0.717, 1.165) is 4.73 Å². The van der Waals surface area contributed by atoms with Gasteiger partial charge in [0, 0.05) is 10.5 Å². The van der Waals surface area contributed by atoms with E-state index >= 15 is 0 Å². The Kier molecular flexibility index (Phi) is 3.34. The van der Waals surface area contributed by atoms with Crippen LogP contribution in [0.25, 0.3) is 11.0 Å². The van der Waals surface area contributed by atoms with Crippen LogP contribution < -0.4 is 14.9 Å². The first kappa shape index (κ1) is 14.8. The van der Waals surface area contributed by atoms with Crippen molar-refractivity contribution in [1.29, 1.82) is 0 Å². The molecule has 7 nitrogen and oxygen atoms in total. The second-order valence-electron chi connectivity index (χ2n) is 5.47. The van der Waals surface area contributed by atoms with E-state index in [0.29, 0.717) is 20.7 Å². The van der Waals surface area contributed by atoms with Crippen molar-refractivity contribution in [2.75, 3.05) is 12.8 Å². The summed E-state index contributed by atoms with van der Waals surface area (Å²) in [6.07, 6.45) is 7.92. The number of hydrogen-bond acceptors (Lipinski definition) is 6. The number of thioether (sulfide) groups is 1. The molecular formula is C16H15N4O3S+. The quantitative estimate of drug-likeness (QED) is 0.640. The Balaban J connectivity index is 1.94. The SMILES string of the molecule is COc1ccc2c(c1)n(O)c(C1=N[C@H]3C=CC=C[C@@H]3S1)c(N)[n+]2=O. The maximum absolute atomic E-state index is 12.5. The van der Waals surface area contributed by atoms with Gasteiger partial charge in [0.1, 0.15) is 16.3 Å². The lowest BCUT2D eigenvalue weighted by molar-refractivity contribution is -0.448. The fourth-order valence-electron chi connectivity index (χ4n) is 2.84. The Labute approximate surface area is 141 Å². The lowest BCUT2D eigenvalue weighted by atomic mass is 10.1. The first-order valence-corrected chi connectivity index (χ1v) is 8.22. The number of allylic oxidation sites excluding steroid dienone is 2. The highest BCUT2D eigenvalue weighted by atomic mass is 32.2. The number of anilines is 1. The second-order valence-corrected chi connectivity index (χ2v) is 6.64. The van der Waals surface area contributed by atoms with E-state index in [2.05, 4.69) is 4.99 Å². The van der Waals surface area contributed by atoms with Crippen molar-refractivity contribution in [3.05, 3.63) is 53.1 Å². The van der Waals surface area contributed by atoms with Gasteiger partial charge in [-0.15, -0.1) is 0 Å². The lowest BCUT2D eigenvalue weighted by Gasteiger charge is -2.11. The van der Waals surface area contributed by atoms with Crippen LogP contribution in [0, 0.1) is 4.91 Å². The van der Waals surface area contributed by atoms with Gasteiger partial charge >= 0.3 is 5.82 Å². The van der Waals surface area contributed by atoms with Gasteiger partial charge in [0.05, 0.1) is 18.4 Å². The summed E-state index contributed by atoms with van der Waals surface area (Å²) in [5.41, 5.74) is 6.75. The lowest BCUT2D eigenvalue weighted by Crippen LogP contribution is -2.28. The van der Waals surface area contributed by atoms with E-state index in [1.807, 2.05) is 24.3 Å². The van der Waals surface area contributed by atoms with E-state index in [1.165, 1.54) is 18.9 Å². The molecule has 122 valence electrons. The summed E-state index contributed by atoms with van der Waals surface area (Å²) in [6, 6.07) is 4.76. The van der Waals surface area contributed by atoms with Gasteiger partial charge in [0.25, 0.3) is 0 Å². The molecule has 0 saturated heterocycles. The number of nitrogens with zero attached hydrogens (tertiary/aromatic N) is 3. The zero-order chi connectivity index (χ0) is 16.8. The minimum absolute atomic E-state index is 0.0180. The molecule has 1 aliphatic carbocycles. The molecule has 0 saturated carbocycles. The molecule has 0 spiro atoms. The number of aliphatic imine (C=N–C) groups is 1.